The molecule has 0 fully saturated rings. The molecule has 0 heterocycles. The second-order valence-corrected chi connectivity index (χ2v) is 6.02. The summed E-state index contributed by atoms with van der Waals surface area (Å²) >= 11 is 7.01. The van der Waals surface area contributed by atoms with Crippen LogP contribution in [0.1, 0.15) is 17.2 Å². The Kier molecular flexibility index (Phi) is 5.07. The second-order valence-electron chi connectivity index (χ2n) is 4.25. The third-order valence-electron chi connectivity index (χ3n) is 3.07. The highest BCUT2D eigenvalue weighted by atomic mass is 79.9. The predicted octanol–water partition coefficient (Wildman–Crippen LogP) is 4.28. The molecule has 0 aliphatic rings. The summed E-state index contributed by atoms with van der Waals surface area (Å²) < 4.78 is 12.6. The zero-order valence-electron chi connectivity index (χ0n) is 11.2. The first-order valence-electron chi connectivity index (χ1n) is 5.99. The van der Waals surface area contributed by atoms with Crippen LogP contribution in [0.4, 0.5) is 0 Å². The molecule has 0 aliphatic heterocycles. The minimum Gasteiger partial charge on any atom is -0.497 e. The third kappa shape index (κ3) is 3.16. The first-order chi connectivity index (χ1) is 9.56. The van der Waals surface area contributed by atoms with Gasteiger partial charge in [0, 0.05) is 14.5 Å². The minimum atomic E-state index is -0.313. The zero-order chi connectivity index (χ0) is 14.7. The summed E-state index contributed by atoms with van der Waals surface area (Å²) in [6.45, 7) is 0. The molecule has 0 aromatic heterocycles. The second kappa shape index (κ2) is 6.61. The lowest BCUT2D eigenvalue weighted by Gasteiger charge is -2.18. The van der Waals surface area contributed by atoms with Gasteiger partial charge in [-0.3, -0.25) is 0 Å². The van der Waals surface area contributed by atoms with Gasteiger partial charge in [-0.15, -0.1) is 0 Å². The molecule has 1 unspecified atom stereocenters. The van der Waals surface area contributed by atoms with E-state index in [1.165, 1.54) is 0 Å². The lowest BCUT2D eigenvalue weighted by Crippen LogP contribution is -2.14. The maximum atomic E-state index is 6.40. The Balaban J connectivity index is 2.51. The van der Waals surface area contributed by atoms with Crippen LogP contribution in [0.3, 0.4) is 0 Å². The fraction of sp³-hybridized carbons (Fsp3) is 0.200. The summed E-state index contributed by atoms with van der Waals surface area (Å²) in [5, 5.41) is 0. The van der Waals surface area contributed by atoms with Gasteiger partial charge in [-0.2, -0.15) is 0 Å². The maximum Gasteiger partial charge on any atom is 0.124 e. The lowest BCUT2D eigenvalue weighted by molar-refractivity contribution is 0.397. The number of hydrogen-bond donors (Lipinski definition) is 1. The zero-order valence-corrected chi connectivity index (χ0v) is 14.4. The van der Waals surface area contributed by atoms with E-state index < -0.39 is 0 Å². The molecule has 2 aromatic rings. The number of rotatable bonds is 4. The van der Waals surface area contributed by atoms with Crippen LogP contribution in [0.5, 0.6) is 11.5 Å². The van der Waals surface area contributed by atoms with E-state index in [0.717, 1.165) is 31.6 Å². The number of methoxy groups -OCH3 is 2. The number of hydrogen-bond acceptors (Lipinski definition) is 3. The highest BCUT2D eigenvalue weighted by Crippen LogP contribution is 2.35. The van der Waals surface area contributed by atoms with Crippen molar-refractivity contribution in [3.05, 3.63) is 56.5 Å². The molecule has 0 aliphatic carbocycles. The molecule has 0 radical (unpaired) electrons. The summed E-state index contributed by atoms with van der Waals surface area (Å²) in [7, 11) is 3.26. The molecule has 3 nitrogen and oxygen atoms in total. The van der Waals surface area contributed by atoms with Crippen molar-refractivity contribution < 1.29 is 9.47 Å². The van der Waals surface area contributed by atoms with Gasteiger partial charge in [-0.05, 0) is 42.0 Å². The molecular weight excluding hydrogens is 386 g/mol. The summed E-state index contributed by atoms with van der Waals surface area (Å²) in [6.07, 6.45) is 0. The van der Waals surface area contributed by atoms with Crippen molar-refractivity contribution in [1.29, 1.82) is 0 Å². The lowest BCUT2D eigenvalue weighted by atomic mass is 9.98. The van der Waals surface area contributed by atoms with E-state index in [1.54, 1.807) is 14.2 Å². The summed E-state index contributed by atoms with van der Waals surface area (Å²) in [4.78, 5) is 0. The number of nitrogens with two attached hydrogens (primary N) is 1. The van der Waals surface area contributed by atoms with Gasteiger partial charge in [0.15, 0.2) is 0 Å². The molecule has 0 saturated heterocycles. The van der Waals surface area contributed by atoms with Crippen LogP contribution in [-0.2, 0) is 0 Å². The Bertz CT molecular complexity index is 617. The molecule has 20 heavy (non-hydrogen) atoms. The summed E-state index contributed by atoms with van der Waals surface area (Å²) in [6, 6.07) is 11.2. The molecule has 0 amide bonds. The monoisotopic (exact) mass is 399 g/mol. The molecular formula is C15H15Br2NO2. The molecule has 1 atom stereocenters. The van der Waals surface area contributed by atoms with Crippen LogP contribution in [0.2, 0.25) is 0 Å². The molecule has 2 aromatic carbocycles. The van der Waals surface area contributed by atoms with Gasteiger partial charge in [0.25, 0.3) is 0 Å². The smallest absolute Gasteiger partial charge is 0.124 e. The van der Waals surface area contributed by atoms with Crippen molar-refractivity contribution in [3.8, 4) is 11.5 Å². The van der Waals surface area contributed by atoms with Crippen LogP contribution >= 0.6 is 31.9 Å². The first-order valence-corrected chi connectivity index (χ1v) is 7.58. The van der Waals surface area contributed by atoms with Crippen molar-refractivity contribution >= 4 is 31.9 Å². The third-order valence-corrected chi connectivity index (χ3v) is 4.28. The van der Waals surface area contributed by atoms with E-state index in [0.29, 0.717) is 0 Å². The molecule has 0 saturated carbocycles. The van der Waals surface area contributed by atoms with E-state index in [9.17, 15) is 0 Å². The molecule has 0 spiro atoms. The predicted molar refractivity (Wildman–Crippen MR) is 87.4 cm³/mol. The Labute approximate surface area is 135 Å². The average Bonchev–Trinajstić information content (AvgIpc) is 2.48. The number of ether oxygens (including phenoxy) is 2. The van der Waals surface area contributed by atoms with Crippen molar-refractivity contribution in [2.45, 2.75) is 6.04 Å². The Morgan fingerprint density at radius 2 is 1.70 bits per heavy atom. The Morgan fingerprint density at radius 1 is 0.950 bits per heavy atom. The standard InChI is InChI=1S/C15H15Br2NO2/c1-19-10-4-6-14(20-2)12(8-10)15(18)11-7-9(16)3-5-13(11)17/h3-8,15H,18H2,1-2H3. The molecule has 0 bridgehead atoms. The fourth-order valence-electron chi connectivity index (χ4n) is 2.00. The normalized spacial score (nSPS) is 12.1. The number of halogens is 2. The fourth-order valence-corrected chi connectivity index (χ4v) is 2.87. The highest BCUT2D eigenvalue weighted by Gasteiger charge is 2.17. The van der Waals surface area contributed by atoms with E-state index in [-0.39, 0.29) is 6.04 Å². The molecule has 5 heteroatoms. The van der Waals surface area contributed by atoms with E-state index >= 15 is 0 Å². The van der Waals surface area contributed by atoms with Gasteiger partial charge in [0.2, 0.25) is 0 Å². The molecule has 2 N–H and O–H groups in total. The topological polar surface area (TPSA) is 44.5 Å². The van der Waals surface area contributed by atoms with Gasteiger partial charge < -0.3 is 15.2 Å². The van der Waals surface area contributed by atoms with Gasteiger partial charge in [-0.1, -0.05) is 31.9 Å². The van der Waals surface area contributed by atoms with Crippen LogP contribution in [-0.4, -0.2) is 14.2 Å². The Hall–Kier alpha value is -1.04. The van der Waals surface area contributed by atoms with Crippen molar-refractivity contribution in [1.82, 2.24) is 0 Å². The summed E-state index contributed by atoms with van der Waals surface area (Å²) in [5.41, 5.74) is 8.26. The van der Waals surface area contributed by atoms with Crippen molar-refractivity contribution in [2.75, 3.05) is 14.2 Å². The van der Waals surface area contributed by atoms with Crippen LogP contribution in [0.25, 0.3) is 0 Å². The first kappa shape index (κ1) is 15.4. The van der Waals surface area contributed by atoms with Gasteiger partial charge in [-0.25, -0.2) is 0 Å². The van der Waals surface area contributed by atoms with Gasteiger partial charge >= 0.3 is 0 Å². The molecule has 2 rings (SSSR count). The maximum absolute atomic E-state index is 6.40. The van der Waals surface area contributed by atoms with Gasteiger partial charge in [0.1, 0.15) is 11.5 Å². The van der Waals surface area contributed by atoms with Crippen LogP contribution in [0, 0.1) is 0 Å². The van der Waals surface area contributed by atoms with Crippen LogP contribution < -0.4 is 15.2 Å². The summed E-state index contributed by atoms with van der Waals surface area (Å²) in [5.74, 6) is 1.49. The highest BCUT2D eigenvalue weighted by molar-refractivity contribution is 9.11. The van der Waals surface area contributed by atoms with E-state index in [2.05, 4.69) is 31.9 Å². The largest absolute Gasteiger partial charge is 0.497 e. The van der Waals surface area contributed by atoms with E-state index in [1.807, 2.05) is 36.4 Å². The average molecular weight is 401 g/mol. The SMILES string of the molecule is COc1ccc(OC)c(C(N)c2cc(Br)ccc2Br)c1. The Morgan fingerprint density at radius 3 is 2.35 bits per heavy atom. The van der Waals surface area contributed by atoms with E-state index in [4.69, 9.17) is 15.2 Å². The molecule has 106 valence electrons. The number of benzene rings is 2. The van der Waals surface area contributed by atoms with Gasteiger partial charge in [0.05, 0.1) is 20.3 Å². The minimum absolute atomic E-state index is 0.313. The van der Waals surface area contributed by atoms with Crippen LogP contribution in [0.15, 0.2) is 45.3 Å². The van der Waals surface area contributed by atoms with Crippen molar-refractivity contribution in [2.24, 2.45) is 5.73 Å². The quantitative estimate of drug-likeness (QED) is 0.832. The van der Waals surface area contributed by atoms with Crippen molar-refractivity contribution in [3.63, 3.8) is 0 Å².